The average Bonchev–Trinajstić information content (AvgIpc) is 2.58. The van der Waals surface area contributed by atoms with Gasteiger partial charge in [-0.3, -0.25) is 0 Å². The molecule has 1 N–H and O–H groups in total. The number of hydrogen-bond donors (Lipinski definition) is 1. The molecule has 2 rings (SSSR count). The Balaban J connectivity index is 1.89. The minimum atomic E-state index is 0.222. The third-order valence-corrected chi connectivity index (χ3v) is 5.34. The molecule has 2 heteroatoms. The predicted octanol–water partition coefficient (Wildman–Crippen LogP) is 3.30. The smallest absolute Gasteiger partial charge is 0.0499 e. The van der Waals surface area contributed by atoms with E-state index in [4.69, 9.17) is 0 Å². The molecule has 1 heterocycles. The molecule has 18 heavy (non-hydrogen) atoms. The van der Waals surface area contributed by atoms with Gasteiger partial charge < -0.3 is 10.0 Å². The van der Waals surface area contributed by atoms with E-state index in [2.05, 4.69) is 18.7 Å². The number of hydrogen-bond acceptors (Lipinski definition) is 2. The van der Waals surface area contributed by atoms with Gasteiger partial charge in [-0.05, 0) is 57.0 Å². The number of likely N-dealkylation sites (tertiary alicyclic amines) is 1. The Morgan fingerprint density at radius 3 is 2.33 bits per heavy atom. The lowest BCUT2D eigenvalue weighted by atomic mass is 9.71. The van der Waals surface area contributed by atoms with Crippen LogP contribution in [0.3, 0.4) is 0 Å². The Labute approximate surface area is 113 Å². The van der Waals surface area contributed by atoms with Gasteiger partial charge in [-0.15, -0.1) is 0 Å². The maximum absolute atomic E-state index is 9.85. The number of aliphatic hydroxyl groups excluding tert-OH is 1. The molecule has 2 aliphatic rings. The molecule has 0 aromatic heterocycles. The summed E-state index contributed by atoms with van der Waals surface area (Å²) in [6.07, 6.45) is 9.17. The van der Waals surface area contributed by atoms with Crippen LogP contribution in [0, 0.1) is 17.3 Å². The van der Waals surface area contributed by atoms with Gasteiger partial charge in [0.15, 0.2) is 0 Å². The van der Waals surface area contributed by atoms with E-state index in [-0.39, 0.29) is 5.41 Å². The Kier molecular flexibility index (Phi) is 5.08. The van der Waals surface area contributed by atoms with Crippen molar-refractivity contribution < 1.29 is 5.11 Å². The minimum absolute atomic E-state index is 0.222. The molecule has 0 spiro atoms. The first kappa shape index (κ1) is 14.3. The van der Waals surface area contributed by atoms with Crippen LogP contribution in [-0.2, 0) is 0 Å². The maximum atomic E-state index is 9.85. The highest BCUT2D eigenvalue weighted by atomic mass is 16.3. The van der Waals surface area contributed by atoms with Gasteiger partial charge in [-0.1, -0.05) is 26.7 Å². The van der Waals surface area contributed by atoms with E-state index in [0.29, 0.717) is 6.61 Å². The van der Waals surface area contributed by atoms with Crippen LogP contribution in [0.1, 0.15) is 58.8 Å². The molecule has 2 nitrogen and oxygen atoms in total. The molecule has 1 saturated heterocycles. The highest BCUT2D eigenvalue weighted by molar-refractivity contribution is 4.87. The first-order valence-electron chi connectivity index (χ1n) is 7.97. The van der Waals surface area contributed by atoms with Crippen LogP contribution in [0.5, 0.6) is 0 Å². The van der Waals surface area contributed by atoms with E-state index in [1.165, 1.54) is 58.0 Å². The van der Waals surface area contributed by atoms with Crippen LogP contribution in [0.2, 0.25) is 0 Å². The van der Waals surface area contributed by atoms with Crippen LogP contribution >= 0.6 is 0 Å². The quantitative estimate of drug-likeness (QED) is 0.834. The number of nitrogens with zero attached hydrogens (tertiary/aromatic N) is 1. The molecule has 0 aromatic rings. The molecule has 0 amide bonds. The fourth-order valence-electron chi connectivity index (χ4n) is 3.70. The van der Waals surface area contributed by atoms with Gasteiger partial charge in [-0.25, -0.2) is 0 Å². The minimum Gasteiger partial charge on any atom is -0.396 e. The van der Waals surface area contributed by atoms with E-state index in [0.717, 1.165) is 18.4 Å². The highest BCUT2D eigenvalue weighted by Crippen LogP contribution is 2.39. The lowest BCUT2D eigenvalue weighted by Crippen LogP contribution is -2.43. The molecule has 1 aliphatic heterocycles. The summed E-state index contributed by atoms with van der Waals surface area (Å²) < 4.78 is 0. The van der Waals surface area contributed by atoms with Crippen molar-refractivity contribution in [2.75, 3.05) is 26.2 Å². The first-order valence-corrected chi connectivity index (χ1v) is 7.97. The lowest BCUT2D eigenvalue weighted by molar-refractivity contribution is 0.0300. The molecule has 1 unspecified atom stereocenters. The van der Waals surface area contributed by atoms with E-state index in [1.807, 2.05) is 0 Å². The lowest BCUT2D eigenvalue weighted by Gasteiger charge is -2.41. The molecule has 2 fully saturated rings. The largest absolute Gasteiger partial charge is 0.396 e. The molecule has 106 valence electrons. The van der Waals surface area contributed by atoms with Crippen molar-refractivity contribution in [1.82, 2.24) is 4.90 Å². The maximum Gasteiger partial charge on any atom is 0.0499 e. The Morgan fingerprint density at radius 2 is 1.67 bits per heavy atom. The second-order valence-corrected chi connectivity index (χ2v) is 7.15. The fraction of sp³-hybridized carbons (Fsp3) is 1.00. The van der Waals surface area contributed by atoms with Gasteiger partial charge in [0.25, 0.3) is 0 Å². The molecule has 1 aliphatic carbocycles. The van der Waals surface area contributed by atoms with Gasteiger partial charge in [0, 0.05) is 18.6 Å². The summed E-state index contributed by atoms with van der Waals surface area (Å²) in [4.78, 5) is 2.63. The molecular formula is C16H31NO. The topological polar surface area (TPSA) is 23.5 Å². The van der Waals surface area contributed by atoms with E-state index >= 15 is 0 Å². The SMILES string of the molecule is CC1CCCN(CC2(CO)CCC(C)CC2)CC1. The van der Waals surface area contributed by atoms with Gasteiger partial charge >= 0.3 is 0 Å². The van der Waals surface area contributed by atoms with Gasteiger partial charge in [0.05, 0.1) is 0 Å². The number of rotatable bonds is 3. The van der Waals surface area contributed by atoms with Crippen LogP contribution in [0.25, 0.3) is 0 Å². The second kappa shape index (κ2) is 6.38. The van der Waals surface area contributed by atoms with Crippen LogP contribution in [0.4, 0.5) is 0 Å². The van der Waals surface area contributed by atoms with Crippen molar-refractivity contribution >= 4 is 0 Å². The van der Waals surface area contributed by atoms with Crippen molar-refractivity contribution in [1.29, 1.82) is 0 Å². The van der Waals surface area contributed by atoms with E-state index in [1.54, 1.807) is 0 Å². The van der Waals surface area contributed by atoms with Crippen LogP contribution < -0.4 is 0 Å². The summed E-state index contributed by atoms with van der Waals surface area (Å²) in [6.45, 7) is 8.78. The standard InChI is InChI=1S/C16H31NO/c1-14-4-3-10-17(11-7-14)12-16(13-18)8-5-15(2)6-9-16/h14-15,18H,3-13H2,1-2H3. The fourth-order valence-corrected chi connectivity index (χ4v) is 3.70. The zero-order valence-electron chi connectivity index (χ0n) is 12.3. The summed E-state index contributed by atoms with van der Waals surface area (Å²) in [6, 6.07) is 0. The summed E-state index contributed by atoms with van der Waals surface area (Å²) >= 11 is 0. The second-order valence-electron chi connectivity index (χ2n) is 7.15. The molecule has 0 radical (unpaired) electrons. The summed E-state index contributed by atoms with van der Waals surface area (Å²) in [5.41, 5.74) is 0.222. The van der Waals surface area contributed by atoms with Crippen LogP contribution in [-0.4, -0.2) is 36.2 Å². The van der Waals surface area contributed by atoms with Crippen molar-refractivity contribution in [3.63, 3.8) is 0 Å². The third-order valence-electron chi connectivity index (χ3n) is 5.34. The Bertz CT molecular complexity index is 245. The van der Waals surface area contributed by atoms with Crippen molar-refractivity contribution in [3.05, 3.63) is 0 Å². The van der Waals surface area contributed by atoms with Gasteiger partial charge in [-0.2, -0.15) is 0 Å². The number of aliphatic hydroxyl groups is 1. The van der Waals surface area contributed by atoms with Crippen LogP contribution in [0.15, 0.2) is 0 Å². The van der Waals surface area contributed by atoms with Crippen molar-refractivity contribution in [2.24, 2.45) is 17.3 Å². The Morgan fingerprint density at radius 1 is 1.00 bits per heavy atom. The first-order chi connectivity index (χ1) is 8.63. The molecule has 1 atom stereocenters. The normalized spacial score (nSPS) is 39.5. The summed E-state index contributed by atoms with van der Waals surface area (Å²) in [5.74, 6) is 1.76. The van der Waals surface area contributed by atoms with Gasteiger partial charge in [0.1, 0.15) is 0 Å². The summed E-state index contributed by atoms with van der Waals surface area (Å²) in [7, 11) is 0. The molecule has 1 saturated carbocycles. The summed E-state index contributed by atoms with van der Waals surface area (Å²) in [5, 5.41) is 9.85. The zero-order chi connectivity index (χ0) is 13.0. The van der Waals surface area contributed by atoms with Crippen molar-refractivity contribution in [3.8, 4) is 0 Å². The van der Waals surface area contributed by atoms with Crippen molar-refractivity contribution in [2.45, 2.75) is 58.8 Å². The van der Waals surface area contributed by atoms with E-state index < -0.39 is 0 Å². The average molecular weight is 253 g/mol. The van der Waals surface area contributed by atoms with Gasteiger partial charge in [0.2, 0.25) is 0 Å². The molecular weight excluding hydrogens is 222 g/mol. The molecule has 0 aromatic carbocycles. The monoisotopic (exact) mass is 253 g/mol. The predicted molar refractivity (Wildman–Crippen MR) is 76.6 cm³/mol. The highest BCUT2D eigenvalue weighted by Gasteiger charge is 2.35. The third kappa shape index (κ3) is 3.71. The van der Waals surface area contributed by atoms with E-state index in [9.17, 15) is 5.11 Å². The Hall–Kier alpha value is -0.0800. The zero-order valence-corrected chi connectivity index (χ0v) is 12.3. The molecule has 0 bridgehead atoms.